The highest BCUT2D eigenvalue weighted by atomic mass is 19.2. The number of pyridine rings is 1. The summed E-state index contributed by atoms with van der Waals surface area (Å²) in [5.41, 5.74) is -0.456. The highest BCUT2D eigenvalue weighted by Crippen LogP contribution is 2.46. The van der Waals surface area contributed by atoms with Gasteiger partial charge in [0.2, 0.25) is 5.91 Å². The van der Waals surface area contributed by atoms with Crippen LogP contribution >= 0.6 is 0 Å². The van der Waals surface area contributed by atoms with E-state index in [9.17, 15) is 23.2 Å². The van der Waals surface area contributed by atoms with Gasteiger partial charge >= 0.3 is 6.09 Å². The standard InChI is InChI=1S/C28H31F2N3O4/c1-15(17-14-31-24(34)21-16(17)12-13-19(29)22(21)30)32(7)25(35)23-28(5,6)18-10-8-9-11-20(18)33(23)26(36)37-27(2,3)4/h8-15,23H,1-7H3,(H,31,34). The minimum Gasteiger partial charge on any atom is -0.443 e. The second-order valence-electron chi connectivity index (χ2n) is 11.0. The van der Waals surface area contributed by atoms with Gasteiger partial charge in [0.1, 0.15) is 11.6 Å². The normalized spacial score (nSPS) is 17.4. The number of fused-ring (bicyclic) bond motifs is 2. The number of hydrogen-bond acceptors (Lipinski definition) is 4. The van der Waals surface area contributed by atoms with E-state index in [4.69, 9.17) is 4.74 Å². The fraction of sp³-hybridized carbons (Fsp3) is 0.393. The maximum Gasteiger partial charge on any atom is 0.415 e. The van der Waals surface area contributed by atoms with Crippen molar-refractivity contribution in [2.45, 2.75) is 64.6 Å². The van der Waals surface area contributed by atoms with E-state index in [1.807, 2.05) is 26.0 Å². The van der Waals surface area contributed by atoms with E-state index >= 15 is 0 Å². The molecule has 2 amide bonds. The molecule has 2 heterocycles. The van der Waals surface area contributed by atoms with Crippen molar-refractivity contribution in [3.05, 3.63) is 75.7 Å². The molecule has 1 aliphatic heterocycles. The number of hydrogen-bond donors (Lipinski definition) is 1. The molecule has 1 aromatic heterocycles. The van der Waals surface area contributed by atoms with Gasteiger partial charge < -0.3 is 14.6 Å². The molecular formula is C28H31F2N3O4. The van der Waals surface area contributed by atoms with Crippen molar-refractivity contribution in [2.24, 2.45) is 0 Å². The summed E-state index contributed by atoms with van der Waals surface area (Å²) in [5, 5.41) is -0.207. The number of benzene rings is 2. The topological polar surface area (TPSA) is 82.7 Å². The van der Waals surface area contributed by atoms with Crippen LogP contribution in [0.2, 0.25) is 0 Å². The van der Waals surface area contributed by atoms with Gasteiger partial charge in [0.05, 0.1) is 17.1 Å². The van der Waals surface area contributed by atoms with Gasteiger partial charge in [0, 0.05) is 18.7 Å². The average Bonchev–Trinajstić information content (AvgIpc) is 3.06. The third kappa shape index (κ3) is 4.36. The molecule has 2 unspecified atom stereocenters. The van der Waals surface area contributed by atoms with Crippen molar-refractivity contribution < 1.29 is 23.1 Å². The molecular weight excluding hydrogens is 480 g/mol. The molecule has 0 aliphatic carbocycles. The highest BCUT2D eigenvalue weighted by Gasteiger charge is 2.53. The Morgan fingerprint density at radius 1 is 1.14 bits per heavy atom. The lowest BCUT2D eigenvalue weighted by Crippen LogP contribution is -2.55. The van der Waals surface area contributed by atoms with Crippen LogP contribution in [-0.2, 0) is 14.9 Å². The lowest BCUT2D eigenvalue weighted by atomic mass is 9.79. The summed E-state index contributed by atoms with van der Waals surface area (Å²) < 4.78 is 34.0. The Hall–Kier alpha value is -3.75. The second-order valence-corrected chi connectivity index (χ2v) is 11.0. The molecule has 0 radical (unpaired) electrons. The Morgan fingerprint density at radius 2 is 1.78 bits per heavy atom. The number of aromatic nitrogens is 1. The molecule has 2 aromatic carbocycles. The smallest absolute Gasteiger partial charge is 0.415 e. The number of nitrogens with zero attached hydrogens (tertiary/aromatic N) is 2. The third-order valence-corrected chi connectivity index (χ3v) is 6.99. The first-order chi connectivity index (χ1) is 17.2. The quantitative estimate of drug-likeness (QED) is 0.509. The summed E-state index contributed by atoms with van der Waals surface area (Å²) in [6.07, 6.45) is 0.758. The van der Waals surface area contributed by atoms with E-state index in [1.54, 1.807) is 46.9 Å². The van der Waals surface area contributed by atoms with Crippen LogP contribution in [0, 0.1) is 11.6 Å². The van der Waals surface area contributed by atoms with Crippen LogP contribution in [0.1, 0.15) is 58.7 Å². The monoisotopic (exact) mass is 511 g/mol. The van der Waals surface area contributed by atoms with Crippen LogP contribution in [0.3, 0.4) is 0 Å². The zero-order valence-corrected chi connectivity index (χ0v) is 22.0. The molecule has 0 saturated carbocycles. The van der Waals surface area contributed by atoms with E-state index in [1.165, 1.54) is 22.1 Å². The molecule has 0 saturated heterocycles. The number of anilines is 1. The second kappa shape index (κ2) is 8.97. The predicted molar refractivity (Wildman–Crippen MR) is 138 cm³/mol. The minimum absolute atomic E-state index is 0.202. The van der Waals surface area contributed by atoms with Crippen LogP contribution in [0.5, 0.6) is 0 Å². The average molecular weight is 512 g/mol. The third-order valence-electron chi connectivity index (χ3n) is 6.99. The number of amides is 2. The summed E-state index contributed by atoms with van der Waals surface area (Å²) in [6.45, 7) is 10.8. The van der Waals surface area contributed by atoms with E-state index in [0.29, 0.717) is 11.3 Å². The number of H-pyrrole nitrogens is 1. The number of nitrogens with one attached hydrogen (secondary N) is 1. The molecule has 0 bridgehead atoms. The molecule has 7 nitrogen and oxygen atoms in total. The predicted octanol–water partition coefficient (Wildman–Crippen LogP) is 5.43. The summed E-state index contributed by atoms with van der Waals surface area (Å²) in [7, 11) is 1.58. The largest absolute Gasteiger partial charge is 0.443 e. The Morgan fingerprint density at radius 3 is 2.43 bits per heavy atom. The van der Waals surface area contributed by atoms with Crippen molar-refractivity contribution in [1.82, 2.24) is 9.88 Å². The lowest BCUT2D eigenvalue weighted by Gasteiger charge is -2.37. The molecule has 37 heavy (non-hydrogen) atoms. The molecule has 196 valence electrons. The van der Waals surface area contributed by atoms with Gasteiger partial charge in [-0.05, 0) is 56.3 Å². The Balaban J connectivity index is 1.78. The van der Waals surface area contributed by atoms with Gasteiger partial charge in [0.15, 0.2) is 11.6 Å². The Bertz CT molecular complexity index is 1460. The van der Waals surface area contributed by atoms with E-state index in [0.717, 1.165) is 11.6 Å². The molecule has 9 heteroatoms. The maximum absolute atomic E-state index is 14.5. The SMILES string of the molecule is CC(c1c[nH]c(=O)c2c(F)c(F)ccc12)N(C)C(=O)C1N(C(=O)OC(C)(C)C)c2ccccc2C1(C)C. The molecule has 0 fully saturated rings. The Labute approximate surface area is 214 Å². The molecule has 0 spiro atoms. The summed E-state index contributed by atoms with van der Waals surface area (Å²) >= 11 is 0. The molecule has 1 aliphatic rings. The van der Waals surface area contributed by atoms with Crippen LogP contribution in [0.4, 0.5) is 19.3 Å². The van der Waals surface area contributed by atoms with Crippen molar-refractivity contribution in [3.63, 3.8) is 0 Å². The fourth-order valence-corrected chi connectivity index (χ4v) is 5.02. The van der Waals surface area contributed by atoms with Gasteiger partial charge in [-0.1, -0.05) is 38.1 Å². The first-order valence-electron chi connectivity index (χ1n) is 12.0. The van der Waals surface area contributed by atoms with Gasteiger partial charge in [-0.3, -0.25) is 14.5 Å². The first-order valence-corrected chi connectivity index (χ1v) is 12.0. The number of ether oxygens (including phenoxy) is 1. The number of carbonyl (C=O) groups excluding carboxylic acids is 2. The molecule has 2 atom stereocenters. The maximum atomic E-state index is 14.5. The highest BCUT2D eigenvalue weighted by molar-refractivity contribution is 6.02. The number of para-hydroxylation sites is 1. The van der Waals surface area contributed by atoms with Gasteiger partial charge in [-0.25, -0.2) is 13.6 Å². The molecule has 1 N–H and O–H groups in total. The lowest BCUT2D eigenvalue weighted by molar-refractivity contribution is -0.134. The van der Waals surface area contributed by atoms with Crippen molar-refractivity contribution in [3.8, 4) is 0 Å². The fourth-order valence-electron chi connectivity index (χ4n) is 5.02. The summed E-state index contributed by atoms with van der Waals surface area (Å²) in [5.74, 6) is -2.75. The van der Waals surface area contributed by atoms with E-state index < -0.39 is 51.8 Å². The van der Waals surface area contributed by atoms with Crippen LogP contribution in [0.25, 0.3) is 10.8 Å². The summed E-state index contributed by atoms with van der Waals surface area (Å²) in [4.78, 5) is 45.1. The first kappa shape index (κ1) is 26.3. The number of likely N-dealkylation sites (N-methyl/N-ethyl adjacent to an activating group) is 1. The zero-order valence-electron chi connectivity index (χ0n) is 22.0. The molecule has 4 rings (SSSR count). The van der Waals surface area contributed by atoms with E-state index in [-0.39, 0.29) is 11.3 Å². The van der Waals surface area contributed by atoms with Gasteiger partial charge in [-0.15, -0.1) is 0 Å². The van der Waals surface area contributed by atoms with Crippen LogP contribution in [0.15, 0.2) is 47.4 Å². The Kier molecular flexibility index (Phi) is 6.38. The van der Waals surface area contributed by atoms with Gasteiger partial charge in [-0.2, -0.15) is 0 Å². The summed E-state index contributed by atoms with van der Waals surface area (Å²) in [6, 6.07) is 8.01. The van der Waals surface area contributed by atoms with Crippen LogP contribution in [-0.4, -0.2) is 40.6 Å². The number of carbonyl (C=O) groups is 2. The molecule has 3 aromatic rings. The van der Waals surface area contributed by atoms with E-state index in [2.05, 4.69) is 4.98 Å². The number of aromatic amines is 1. The number of halogens is 2. The number of rotatable bonds is 3. The minimum atomic E-state index is -1.25. The zero-order chi connectivity index (χ0) is 27.4. The van der Waals surface area contributed by atoms with Crippen molar-refractivity contribution >= 4 is 28.5 Å². The van der Waals surface area contributed by atoms with Crippen molar-refractivity contribution in [2.75, 3.05) is 11.9 Å². The van der Waals surface area contributed by atoms with Crippen molar-refractivity contribution in [1.29, 1.82) is 0 Å². The van der Waals surface area contributed by atoms with Crippen LogP contribution < -0.4 is 10.5 Å². The van der Waals surface area contributed by atoms with Gasteiger partial charge in [0.25, 0.3) is 5.56 Å².